The fraction of sp³-hybridized carbons (Fsp3) is 0.0857. The minimum Gasteiger partial charge on any atom is -0.403 e. The zero-order valence-electron chi connectivity index (χ0n) is 25.7. The smallest absolute Gasteiger partial charge is 0.403 e. The normalized spacial score (nSPS) is 14.6. The van der Waals surface area contributed by atoms with Gasteiger partial charge in [-0.15, -0.1) is 0 Å². The van der Waals surface area contributed by atoms with Crippen LogP contribution in [0.5, 0.6) is 11.5 Å². The molecule has 0 fully saturated rings. The van der Waals surface area contributed by atoms with E-state index in [2.05, 4.69) is 0 Å². The number of alkyl halides is 9. The summed E-state index contributed by atoms with van der Waals surface area (Å²) in [6, 6.07) is 22.7. The second kappa shape index (κ2) is 12.0. The van der Waals surface area contributed by atoms with Crippen LogP contribution in [0.15, 0.2) is 109 Å². The first-order valence-corrected chi connectivity index (χ1v) is 17.8. The fourth-order valence-electron chi connectivity index (χ4n) is 5.94. The Labute approximate surface area is 288 Å². The second-order valence-electron chi connectivity index (χ2n) is 11.6. The van der Waals surface area contributed by atoms with Gasteiger partial charge in [0.05, 0.1) is 11.1 Å². The first kappa shape index (κ1) is 35.4. The van der Waals surface area contributed by atoms with E-state index in [9.17, 15) is 52.5 Å². The first-order chi connectivity index (χ1) is 24.3. The maximum Gasteiger partial charge on any atom is 0.526 e. The van der Waals surface area contributed by atoms with Gasteiger partial charge in [0.15, 0.2) is 0 Å². The van der Waals surface area contributed by atoms with Crippen molar-refractivity contribution in [2.24, 2.45) is 0 Å². The Kier molecular flexibility index (Phi) is 8.16. The summed E-state index contributed by atoms with van der Waals surface area (Å²) >= 11 is 0. The Morgan fingerprint density at radius 3 is 1.25 bits per heavy atom. The molecule has 52 heavy (non-hydrogen) atoms. The number of benzene rings is 6. The standard InChI is InChI=1S/C35H19F9NO5PS/c36-33(37,38)23-13-9-19(10-14-23)27-17-21-5-1-3-7-25(21)29-30-26-8-4-2-6-22(26)18-28(20-11-15-24(16-12-20)34(39,40)41)32(30)50-51(46,49-31(27)29)45-52(47,48)35(42,43)44/h1-18H,(H,45,46). The molecule has 1 aliphatic heterocycles. The Morgan fingerprint density at radius 1 is 0.538 bits per heavy atom. The highest BCUT2D eigenvalue weighted by Crippen LogP contribution is 2.62. The Morgan fingerprint density at radius 2 is 0.904 bits per heavy atom. The van der Waals surface area contributed by atoms with E-state index in [-0.39, 0.29) is 33.4 Å². The van der Waals surface area contributed by atoms with Crippen molar-refractivity contribution in [1.82, 2.24) is 4.49 Å². The molecule has 0 radical (unpaired) electrons. The van der Waals surface area contributed by atoms with E-state index < -0.39 is 58.3 Å². The number of halogens is 9. The van der Waals surface area contributed by atoms with E-state index in [1.165, 1.54) is 12.1 Å². The molecule has 0 saturated carbocycles. The number of rotatable bonds is 4. The predicted molar refractivity (Wildman–Crippen MR) is 175 cm³/mol. The topological polar surface area (TPSA) is 81.7 Å². The van der Waals surface area contributed by atoms with E-state index in [1.54, 1.807) is 48.5 Å². The highest BCUT2D eigenvalue weighted by Gasteiger charge is 2.53. The highest BCUT2D eigenvalue weighted by atomic mass is 32.2. The number of hydrogen-bond acceptors (Lipinski definition) is 5. The van der Waals surface area contributed by atoms with Gasteiger partial charge in [-0.3, -0.25) is 0 Å². The molecule has 7 rings (SSSR count). The summed E-state index contributed by atoms with van der Waals surface area (Å²) in [6.45, 7) is 0. The number of nitrogens with one attached hydrogen (secondary N) is 1. The molecule has 1 heterocycles. The number of sulfonamides is 1. The lowest BCUT2D eigenvalue weighted by Gasteiger charge is -2.22. The molecule has 268 valence electrons. The van der Waals surface area contributed by atoms with Crippen molar-refractivity contribution in [3.63, 3.8) is 0 Å². The van der Waals surface area contributed by atoms with Crippen molar-refractivity contribution in [2.75, 3.05) is 0 Å². The molecule has 0 spiro atoms. The third-order valence-electron chi connectivity index (χ3n) is 8.26. The van der Waals surface area contributed by atoms with Crippen molar-refractivity contribution >= 4 is 39.3 Å². The first-order valence-electron chi connectivity index (χ1n) is 14.8. The van der Waals surface area contributed by atoms with Crippen LogP contribution >= 0.6 is 7.75 Å². The van der Waals surface area contributed by atoms with Crippen molar-refractivity contribution in [3.05, 3.63) is 120 Å². The van der Waals surface area contributed by atoms with Crippen LogP contribution in [-0.2, 0) is 26.9 Å². The Balaban J connectivity index is 1.63. The van der Waals surface area contributed by atoms with Crippen LogP contribution in [0.1, 0.15) is 11.1 Å². The van der Waals surface area contributed by atoms with E-state index in [0.29, 0.717) is 21.5 Å². The summed E-state index contributed by atoms with van der Waals surface area (Å²) in [5.74, 6) is -1.03. The Bertz CT molecular complexity index is 2400. The van der Waals surface area contributed by atoms with Crippen LogP contribution in [0.25, 0.3) is 54.9 Å². The van der Waals surface area contributed by atoms with Crippen LogP contribution < -0.4 is 13.5 Å². The molecule has 6 nitrogen and oxygen atoms in total. The third kappa shape index (κ3) is 6.24. The van der Waals surface area contributed by atoms with Gasteiger partial charge in [-0.1, -0.05) is 77.3 Å². The van der Waals surface area contributed by atoms with Gasteiger partial charge >= 0.3 is 35.6 Å². The zero-order chi connectivity index (χ0) is 37.4. The van der Waals surface area contributed by atoms with Crippen molar-refractivity contribution in [2.45, 2.75) is 17.9 Å². The molecule has 6 aromatic rings. The van der Waals surface area contributed by atoms with Crippen LogP contribution in [0, 0.1) is 0 Å². The van der Waals surface area contributed by atoms with Crippen molar-refractivity contribution < 1.29 is 61.5 Å². The molecule has 0 unspecified atom stereocenters. The molecule has 0 saturated heterocycles. The van der Waals surface area contributed by atoms with E-state index in [1.807, 2.05) is 0 Å². The molecular weight excluding hydrogens is 748 g/mol. The van der Waals surface area contributed by atoms with Gasteiger partial charge in [-0.2, -0.15) is 39.5 Å². The lowest BCUT2D eigenvalue weighted by molar-refractivity contribution is -0.138. The van der Waals surface area contributed by atoms with Crippen molar-refractivity contribution in [1.29, 1.82) is 0 Å². The maximum absolute atomic E-state index is 14.5. The monoisotopic (exact) mass is 767 g/mol. The lowest BCUT2D eigenvalue weighted by Crippen LogP contribution is -2.36. The van der Waals surface area contributed by atoms with Crippen molar-refractivity contribution in [3.8, 4) is 44.9 Å². The van der Waals surface area contributed by atoms with E-state index in [0.717, 1.165) is 53.0 Å². The molecule has 0 aliphatic carbocycles. The summed E-state index contributed by atoms with van der Waals surface area (Å²) in [7, 11) is -12.3. The summed E-state index contributed by atoms with van der Waals surface area (Å²) in [4.78, 5) is 0. The summed E-state index contributed by atoms with van der Waals surface area (Å²) in [5, 5.41) is 1.45. The molecule has 6 aromatic carbocycles. The molecule has 17 heteroatoms. The van der Waals surface area contributed by atoms with E-state index in [4.69, 9.17) is 9.05 Å². The van der Waals surface area contributed by atoms with Gasteiger partial charge in [-0.05, 0) is 69.1 Å². The van der Waals surface area contributed by atoms with Gasteiger partial charge in [0, 0.05) is 22.3 Å². The van der Waals surface area contributed by atoms with Crippen LogP contribution in [-0.4, -0.2) is 13.9 Å². The minimum atomic E-state index is -6.47. The SMILES string of the molecule is O=P1(NS(=O)(=O)C(F)(F)F)Oc2c(-c3ccc(C(F)(F)F)cc3)cc3ccccc3c2-c2c(c(-c3ccc(C(F)(F)F)cc3)cc3ccccc23)O1. The average molecular weight is 768 g/mol. The van der Waals surface area contributed by atoms with Gasteiger partial charge in [0.1, 0.15) is 11.5 Å². The average Bonchev–Trinajstić information content (AvgIpc) is 3.20. The van der Waals surface area contributed by atoms with Crippen LogP contribution in [0.3, 0.4) is 0 Å². The quantitative estimate of drug-likeness (QED) is 0.143. The molecule has 0 amide bonds. The Hall–Kier alpha value is -5.05. The van der Waals surface area contributed by atoms with Crippen LogP contribution in [0.2, 0.25) is 0 Å². The highest BCUT2D eigenvalue weighted by molar-refractivity contribution is 7.95. The molecule has 0 atom stereocenters. The molecule has 1 N–H and O–H groups in total. The zero-order valence-corrected chi connectivity index (χ0v) is 27.4. The lowest BCUT2D eigenvalue weighted by atomic mass is 9.86. The number of hydrogen-bond donors (Lipinski definition) is 1. The number of fused-ring (bicyclic) bond motifs is 7. The summed E-state index contributed by atoms with van der Waals surface area (Å²) < 4.78 is 174. The maximum atomic E-state index is 14.5. The minimum absolute atomic E-state index is 0.00288. The summed E-state index contributed by atoms with van der Waals surface area (Å²) in [6.07, 6.45) is -9.47. The third-order valence-corrected chi connectivity index (χ3v) is 11.6. The molecular formula is C35H19F9NO5PS. The van der Waals surface area contributed by atoms with Gasteiger partial charge in [0.25, 0.3) is 0 Å². The predicted octanol–water partition coefficient (Wildman–Crippen LogP) is 11.4. The van der Waals surface area contributed by atoms with Gasteiger partial charge in [-0.25, -0.2) is 13.0 Å². The molecule has 0 aromatic heterocycles. The van der Waals surface area contributed by atoms with Gasteiger partial charge in [0.2, 0.25) is 0 Å². The van der Waals surface area contributed by atoms with Gasteiger partial charge < -0.3 is 9.05 Å². The second-order valence-corrected chi connectivity index (χ2v) is 15.1. The molecule has 1 aliphatic rings. The molecule has 0 bridgehead atoms. The fourth-order valence-corrected chi connectivity index (χ4v) is 8.73. The van der Waals surface area contributed by atoms with Crippen LogP contribution in [0.4, 0.5) is 39.5 Å². The largest absolute Gasteiger partial charge is 0.526 e. The summed E-state index contributed by atoms with van der Waals surface area (Å²) in [5.41, 5.74) is -8.29. The van der Waals surface area contributed by atoms with E-state index >= 15 is 0 Å².